The molecule has 0 spiro atoms. The number of benzene rings is 1. The van der Waals surface area contributed by atoms with Crippen molar-refractivity contribution in [3.8, 4) is 0 Å². The monoisotopic (exact) mass is 437 g/mol. The molecule has 1 fully saturated rings. The second-order valence-electron chi connectivity index (χ2n) is 6.86. The minimum atomic E-state index is -4.98. The van der Waals surface area contributed by atoms with Gasteiger partial charge in [-0.3, -0.25) is 14.1 Å². The first-order valence-corrected chi connectivity index (χ1v) is 9.40. The fourth-order valence-corrected chi connectivity index (χ4v) is 3.46. The van der Waals surface area contributed by atoms with Crippen LogP contribution < -0.4 is 5.32 Å². The van der Waals surface area contributed by atoms with Crippen molar-refractivity contribution in [1.82, 2.24) is 19.5 Å². The molecule has 1 aromatic carbocycles. The summed E-state index contributed by atoms with van der Waals surface area (Å²) >= 11 is 0. The summed E-state index contributed by atoms with van der Waals surface area (Å²) in [4.78, 5) is 24.7. The van der Waals surface area contributed by atoms with Crippen LogP contribution in [0.15, 0.2) is 43.0 Å². The van der Waals surface area contributed by atoms with Crippen molar-refractivity contribution in [2.24, 2.45) is 0 Å². The molecule has 9 nitrogen and oxygen atoms in total. The van der Waals surface area contributed by atoms with Crippen LogP contribution in [0, 0.1) is 0 Å². The summed E-state index contributed by atoms with van der Waals surface area (Å²) in [5, 5.41) is 12.9. The molecule has 1 saturated heterocycles. The van der Waals surface area contributed by atoms with Crippen molar-refractivity contribution < 1.29 is 32.5 Å². The maximum Gasteiger partial charge on any atom is 0.523 e. The van der Waals surface area contributed by atoms with Crippen LogP contribution in [0.1, 0.15) is 29.9 Å². The molecule has 1 aliphatic heterocycles. The zero-order chi connectivity index (χ0) is 22.2. The predicted molar refractivity (Wildman–Crippen MR) is 101 cm³/mol. The van der Waals surface area contributed by atoms with Gasteiger partial charge in [-0.1, -0.05) is 25.1 Å². The van der Waals surface area contributed by atoms with Gasteiger partial charge in [-0.25, -0.2) is 15.0 Å². The van der Waals surface area contributed by atoms with Gasteiger partial charge in [0.05, 0.1) is 12.4 Å². The van der Waals surface area contributed by atoms with E-state index in [0.29, 0.717) is 5.56 Å². The van der Waals surface area contributed by atoms with Crippen LogP contribution in [0.4, 0.5) is 19.0 Å². The molecule has 2 N–H and O–H groups in total. The maximum atomic E-state index is 12.9. The smallest absolute Gasteiger partial charge is 0.387 e. The highest BCUT2D eigenvalue weighted by molar-refractivity contribution is 6.06. The normalized spacial score (nSPS) is 23.9. The molecule has 2 aromatic heterocycles. The van der Waals surface area contributed by atoms with Crippen LogP contribution in [-0.4, -0.2) is 55.2 Å². The van der Waals surface area contributed by atoms with E-state index in [-0.39, 0.29) is 23.4 Å². The summed E-state index contributed by atoms with van der Waals surface area (Å²) in [6, 6.07) is 8.40. The van der Waals surface area contributed by atoms with E-state index in [9.17, 15) is 23.1 Å². The third kappa shape index (κ3) is 4.22. The molecule has 12 heteroatoms. The Balaban J connectivity index is 1.67. The summed E-state index contributed by atoms with van der Waals surface area (Å²) in [7, 11) is 0. The van der Waals surface area contributed by atoms with E-state index in [1.54, 1.807) is 37.3 Å². The average Bonchev–Trinajstić information content (AvgIpc) is 3.30. The third-order valence-corrected chi connectivity index (χ3v) is 4.89. The number of hydrogen-bond acceptors (Lipinski definition) is 7. The highest BCUT2D eigenvalue weighted by Crippen LogP contribution is 2.38. The number of halogens is 3. The van der Waals surface area contributed by atoms with E-state index in [0.717, 1.165) is 6.33 Å². The quantitative estimate of drug-likeness (QED) is 0.631. The number of imidazole rings is 1. The second-order valence-corrected chi connectivity index (χ2v) is 6.86. The Morgan fingerprint density at radius 2 is 2.00 bits per heavy atom. The van der Waals surface area contributed by atoms with Gasteiger partial charge in [0.2, 0.25) is 0 Å². The van der Waals surface area contributed by atoms with Gasteiger partial charge in [-0.2, -0.15) is 0 Å². The summed E-state index contributed by atoms with van der Waals surface area (Å²) < 4.78 is 49.8. The fourth-order valence-electron chi connectivity index (χ4n) is 3.46. The van der Waals surface area contributed by atoms with E-state index >= 15 is 0 Å². The molecule has 3 heterocycles. The Morgan fingerprint density at radius 3 is 2.68 bits per heavy atom. The number of aliphatic hydroxyl groups excluding tert-OH is 1. The number of amides is 1. The highest BCUT2D eigenvalue weighted by Gasteiger charge is 2.50. The van der Waals surface area contributed by atoms with Crippen molar-refractivity contribution in [1.29, 1.82) is 0 Å². The fraction of sp³-hybridized carbons (Fsp3) is 0.368. The Kier molecular flexibility index (Phi) is 5.60. The molecule has 0 unspecified atom stereocenters. The lowest BCUT2D eigenvalue weighted by molar-refractivity contribution is -0.355. The van der Waals surface area contributed by atoms with E-state index in [2.05, 4.69) is 25.0 Å². The number of rotatable bonds is 5. The van der Waals surface area contributed by atoms with Crippen molar-refractivity contribution in [3.63, 3.8) is 0 Å². The molecule has 31 heavy (non-hydrogen) atoms. The van der Waals surface area contributed by atoms with E-state index in [1.165, 1.54) is 10.9 Å². The maximum absolute atomic E-state index is 12.9. The van der Waals surface area contributed by atoms with Gasteiger partial charge in [-0.05, 0) is 18.6 Å². The number of aliphatic hydroxyl groups is 1. The predicted octanol–water partition coefficient (Wildman–Crippen LogP) is 2.65. The van der Waals surface area contributed by atoms with Crippen LogP contribution in [0.2, 0.25) is 0 Å². The number of nitrogens with one attached hydrogen (secondary N) is 1. The van der Waals surface area contributed by atoms with Crippen molar-refractivity contribution in [2.75, 3.05) is 5.32 Å². The molecule has 164 valence electrons. The van der Waals surface area contributed by atoms with Gasteiger partial charge in [0, 0.05) is 5.56 Å². The lowest BCUT2D eigenvalue weighted by Crippen LogP contribution is -2.38. The van der Waals surface area contributed by atoms with E-state index in [4.69, 9.17) is 4.74 Å². The molecule has 0 aliphatic carbocycles. The number of aromatic nitrogens is 4. The lowest BCUT2D eigenvalue weighted by atomic mass is 10.1. The van der Waals surface area contributed by atoms with Gasteiger partial charge >= 0.3 is 6.36 Å². The van der Waals surface area contributed by atoms with Crippen LogP contribution >= 0.6 is 0 Å². The number of hydrogen-bond donors (Lipinski definition) is 2. The zero-order valence-electron chi connectivity index (χ0n) is 16.2. The Hall–Kier alpha value is -3.09. The van der Waals surface area contributed by atoms with Crippen molar-refractivity contribution >= 4 is 22.9 Å². The lowest BCUT2D eigenvalue weighted by Gasteiger charge is -2.23. The van der Waals surface area contributed by atoms with Crippen molar-refractivity contribution in [3.05, 3.63) is 48.5 Å². The highest BCUT2D eigenvalue weighted by atomic mass is 19.4. The summed E-state index contributed by atoms with van der Waals surface area (Å²) in [6.07, 6.45) is -7.78. The average molecular weight is 437 g/mol. The molecule has 4 rings (SSSR count). The first-order chi connectivity index (χ1) is 14.8. The third-order valence-electron chi connectivity index (χ3n) is 4.89. The first kappa shape index (κ1) is 21.2. The molecule has 0 radical (unpaired) electrons. The number of anilines is 1. The number of carbonyl (C=O) groups excluding carboxylic acids is 1. The van der Waals surface area contributed by atoms with Crippen molar-refractivity contribution in [2.45, 2.75) is 44.2 Å². The molecule has 4 atom stereocenters. The largest absolute Gasteiger partial charge is 0.523 e. The number of fused-ring (bicyclic) bond motifs is 1. The Labute approximate surface area is 173 Å². The molecular formula is C19H18F3N5O4. The first-order valence-electron chi connectivity index (χ1n) is 9.40. The van der Waals surface area contributed by atoms with Crippen LogP contribution in [0.25, 0.3) is 11.2 Å². The molecule has 3 aromatic rings. The minimum Gasteiger partial charge on any atom is -0.387 e. The summed E-state index contributed by atoms with van der Waals surface area (Å²) in [5.41, 5.74) is 0.652. The second kappa shape index (κ2) is 8.21. The van der Waals surface area contributed by atoms with Gasteiger partial charge in [0.25, 0.3) is 5.91 Å². The van der Waals surface area contributed by atoms with Crippen LogP contribution in [0.3, 0.4) is 0 Å². The molecule has 0 saturated carbocycles. The summed E-state index contributed by atoms with van der Waals surface area (Å²) in [5.74, 6) is -0.358. The Morgan fingerprint density at radius 1 is 1.26 bits per heavy atom. The number of carbonyl (C=O) groups is 1. The van der Waals surface area contributed by atoms with Gasteiger partial charge < -0.3 is 15.2 Å². The topological polar surface area (TPSA) is 111 Å². The van der Waals surface area contributed by atoms with Crippen LogP contribution in [0.5, 0.6) is 0 Å². The van der Waals surface area contributed by atoms with E-state index in [1.807, 2.05) is 0 Å². The SMILES string of the molecule is CC[C@H]1O[C@@H](n2cnc3c(NC(=O)c4ccccc4)ncnc32)[C@H](OC(F)(F)F)[C@@H]1O. The van der Waals surface area contributed by atoms with Crippen LogP contribution in [-0.2, 0) is 9.47 Å². The standard InChI is InChI=1S/C19H18F3N5O4/c1-2-11-13(28)14(31-19(20,21)22)18(30-11)27-9-25-12-15(23-8-24-16(12)27)26-17(29)10-6-4-3-5-7-10/h3-9,11,13-14,18,28H,2H2,1H3,(H,23,24,26,29)/t11-,13-,14-,18-/m1/s1. The van der Waals surface area contributed by atoms with Gasteiger partial charge in [0.15, 0.2) is 23.2 Å². The molecule has 1 amide bonds. The van der Waals surface area contributed by atoms with Gasteiger partial charge in [-0.15, -0.1) is 13.2 Å². The molecular weight excluding hydrogens is 419 g/mol. The molecule has 0 bridgehead atoms. The number of alkyl halides is 3. The number of nitrogens with zero attached hydrogens (tertiary/aromatic N) is 4. The van der Waals surface area contributed by atoms with Gasteiger partial charge in [0.1, 0.15) is 18.5 Å². The van der Waals surface area contributed by atoms with E-state index < -0.39 is 36.8 Å². The Bertz CT molecular complexity index is 1080. The molecule has 1 aliphatic rings. The summed E-state index contributed by atoms with van der Waals surface area (Å²) in [6.45, 7) is 1.67. The number of ether oxygens (including phenoxy) is 2. The minimum absolute atomic E-state index is 0.0801. The zero-order valence-corrected chi connectivity index (χ0v) is 16.2.